The van der Waals surface area contributed by atoms with E-state index in [1.807, 2.05) is 61.5 Å². The minimum Gasteiger partial charge on any atom is -0.379 e. The van der Waals surface area contributed by atoms with Gasteiger partial charge in [-0.25, -0.2) is 0 Å². The number of ether oxygens (including phenoxy) is 1. The van der Waals surface area contributed by atoms with Gasteiger partial charge in [-0.3, -0.25) is 14.5 Å². The van der Waals surface area contributed by atoms with Crippen LogP contribution >= 0.6 is 0 Å². The van der Waals surface area contributed by atoms with Crippen molar-refractivity contribution < 1.29 is 14.3 Å². The largest absolute Gasteiger partial charge is 0.379 e. The molecule has 0 bridgehead atoms. The molecule has 0 saturated carbocycles. The molecule has 0 atom stereocenters. The minimum absolute atomic E-state index is 0.221. The van der Waals surface area contributed by atoms with E-state index in [9.17, 15) is 9.59 Å². The van der Waals surface area contributed by atoms with Crippen LogP contribution < -0.4 is 10.6 Å². The number of morpholine rings is 1. The molecule has 1 fully saturated rings. The molecule has 3 aromatic carbocycles. The number of benzene rings is 3. The molecule has 1 heterocycles. The topological polar surface area (TPSA) is 70.7 Å². The maximum Gasteiger partial charge on any atom is 0.267 e. The average molecular weight is 444 g/mol. The Morgan fingerprint density at radius 2 is 1.70 bits per heavy atom. The first kappa shape index (κ1) is 22.7. The molecule has 1 aliphatic rings. The van der Waals surface area contributed by atoms with Gasteiger partial charge in [-0.1, -0.05) is 60.2 Å². The molecule has 0 aliphatic carbocycles. The number of fused-ring (bicyclic) bond motifs is 1. The van der Waals surface area contributed by atoms with Gasteiger partial charge in [-0.05, 0) is 41.5 Å². The molecule has 1 aliphatic heterocycles. The van der Waals surface area contributed by atoms with Crippen molar-refractivity contribution in [3.8, 4) is 0 Å². The monoisotopic (exact) mass is 443 g/mol. The van der Waals surface area contributed by atoms with E-state index in [-0.39, 0.29) is 17.5 Å². The smallest absolute Gasteiger partial charge is 0.267 e. The van der Waals surface area contributed by atoms with Gasteiger partial charge in [0.25, 0.3) is 11.8 Å². The van der Waals surface area contributed by atoms with Crippen molar-refractivity contribution in [2.45, 2.75) is 6.92 Å². The minimum atomic E-state index is -0.315. The van der Waals surface area contributed by atoms with Crippen LogP contribution in [0, 0.1) is 6.92 Å². The summed E-state index contributed by atoms with van der Waals surface area (Å²) in [5.74, 6) is -0.624. The van der Waals surface area contributed by atoms with Crippen molar-refractivity contribution in [2.75, 3.05) is 39.4 Å². The number of hydrogen-bond donors (Lipinski definition) is 2. The maximum atomic E-state index is 13.1. The molecular formula is C27H29N3O3. The molecule has 33 heavy (non-hydrogen) atoms. The van der Waals surface area contributed by atoms with Gasteiger partial charge in [-0.2, -0.15) is 0 Å². The zero-order chi connectivity index (χ0) is 23.0. The first-order valence-electron chi connectivity index (χ1n) is 11.3. The highest BCUT2D eigenvalue weighted by molar-refractivity contribution is 6.06. The summed E-state index contributed by atoms with van der Waals surface area (Å²) in [5, 5.41) is 7.88. The van der Waals surface area contributed by atoms with Crippen LogP contribution in [0.2, 0.25) is 0 Å². The number of amides is 2. The van der Waals surface area contributed by atoms with E-state index in [0.29, 0.717) is 25.3 Å². The molecule has 3 aromatic rings. The van der Waals surface area contributed by atoms with Crippen LogP contribution in [0.5, 0.6) is 0 Å². The molecule has 0 aromatic heterocycles. The lowest BCUT2D eigenvalue weighted by Crippen LogP contribution is -2.42. The Morgan fingerprint density at radius 3 is 2.48 bits per heavy atom. The predicted octanol–water partition coefficient (Wildman–Crippen LogP) is 3.37. The van der Waals surface area contributed by atoms with Crippen LogP contribution in [0.25, 0.3) is 16.8 Å². The average Bonchev–Trinajstić information content (AvgIpc) is 2.85. The van der Waals surface area contributed by atoms with Crippen molar-refractivity contribution >= 4 is 28.7 Å². The lowest BCUT2D eigenvalue weighted by atomic mass is 10.0. The molecule has 170 valence electrons. The number of aryl methyl sites for hydroxylation is 1. The van der Waals surface area contributed by atoms with Gasteiger partial charge in [0.1, 0.15) is 5.70 Å². The van der Waals surface area contributed by atoms with Gasteiger partial charge in [0, 0.05) is 31.7 Å². The molecule has 2 amide bonds. The van der Waals surface area contributed by atoms with Crippen LogP contribution in [0.4, 0.5) is 0 Å². The van der Waals surface area contributed by atoms with Crippen LogP contribution in [-0.4, -0.2) is 56.1 Å². The van der Waals surface area contributed by atoms with Crippen LogP contribution in [0.1, 0.15) is 21.5 Å². The Hall–Kier alpha value is -3.48. The van der Waals surface area contributed by atoms with Gasteiger partial charge >= 0.3 is 0 Å². The van der Waals surface area contributed by atoms with E-state index < -0.39 is 0 Å². The van der Waals surface area contributed by atoms with Gasteiger partial charge in [-0.15, -0.1) is 0 Å². The molecule has 0 radical (unpaired) electrons. The molecule has 0 unspecified atom stereocenters. The molecule has 4 rings (SSSR count). The third-order valence-corrected chi connectivity index (χ3v) is 5.75. The SMILES string of the molecule is Cc1ccc(C(=O)N/C(=C/c2cccc3ccccc23)C(=O)NCCN2CCOCC2)cc1. The Labute approximate surface area is 194 Å². The fourth-order valence-electron chi connectivity index (χ4n) is 3.84. The second-order valence-electron chi connectivity index (χ2n) is 8.16. The lowest BCUT2D eigenvalue weighted by molar-refractivity contribution is -0.117. The van der Waals surface area contributed by atoms with Crippen molar-refractivity contribution in [2.24, 2.45) is 0 Å². The van der Waals surface area contributed by atoms with Gasteiger partial charge in [0.2, 0.25) is 0 Å². The number of carbonyl (C=O) groups is 2. The lowest BCUT2D eigenvalue weighted by Gasteiger charge is -2.26. The molecule has 6 heteroatoms. The summed E-state index contributed by atoms with van der Waals surface area (Å²) in [7, 11) is 0. The zero-order valence-corrected chi connectivity index (χ0v) is 18.8. The van der Waals surface area contributed by atoms with Gasteiger partial charge < -0.3 is 15.4 Å². The quantitative estimate of drug-likeness (QED) is 0.550. The normalized spacial score (nSPS) is 14.8. The first-order valence-corrected chi connectivity index (χ1v) is 11.3. The van der Waals surface area contributed by atoms with Gasteiger partial charge in [0.05, 0.1) is 13.2 Å². The number of nitrogens with zero attached hydrogens (tertiary/aromatic N) is 1. The Kier molecular flexibility index (Phi) is 7.50. The Balaban J connectivity index is 1.55. The second kappa shape index (κ2) is 10.9. The number of nitrogens with one attached hydrogen (secondary N) is 2. The van der Waals surface area contributed by atoms with Crippen LogP contribution in [-0.2, 0) is 9.53 Å². The molecule has 6 nitrogen and oxygen atoms in total. The van der Waals surface area contributed by atoms with Crippen molar-refractivity contribution in [1.82, 2.24) is 15.5 Å². The highest BCUT2D eigenvalue weighted by atomic mass is 16.5. The Morgan fingerprint density at radius 1 is 0.970 bits per heavy atom. The summed E-state index contributed by atoms with van der Waals surface area (Å²) in [6.45, 7) is 6.35. The van der Waals surface area contributed by atoms with Crippen LogP contribution in [0.3, 0.4) is 0 Å². The maximum absolute atomic E-state index is 13.1. The highest BCUT2D eigenvalue weighted by Crippen LogP contribution is 2.20. The van der Waals surface area contributed by atoms with Crippen molar-refractivity contribution in [3.05, 3.63) is 89.1 Å². The van der Waals surface area contributed by atoms with Gasteiger partial charge in [0.15, 0.2) is 0 Å². The van der Waals surface area contributed by atoms with Crippen molar-refractivity contribution in [1.29, 1.82) is 0 Å². The molecular weight excluding hydrogens is 414 g/mol. The number of rotatable bonds is 7. The third kappa shape index (κ3) is 6.06. The van der Waals surface area contributed by atoms with Crippen LogP contribution in [0.15, 0.2) is 72.4 Å². The number of carbonyl (C=O) groups excluding carboxylic acids is 2. The Bertz CT molecular complexity index is 1140. The standard InChI is InChI=1S/C27H29N3O3/c1-20-9-11-22(12-10-20)26(31)29-25(27(32)28-13-14-30-15-17-33-18-16-30)19-23-7-4-6-21-5-2-3-8-24(21)23/h2-12,19H,13-18H2,1H3,(H,28,32)(H,29,31)/b25-19+. The predicted molar refractivity (Wildman–Crippen MR) is 131 cm³/mol. The van der Waals surface area contributed by atoms with Crippen molar-refractivity contribution in [3.63, 3.8) is 0 Å². The second-order valence-corrected chi connectivity index (χ2v) is 8.16. The van der Waals surface area contributed by atoms with E-state index >= 15 is 0 Å². The van der Waals surface area contributed by atoms with E-state index in [2.05, 4.69) is 15.5 Å². The fraction of sp³-hybridized carbons (Fsp3) is 0.259. The summed E-state index contributed by atoms with van der Waals surface area (Å²) < 4.78 is 5.37. The summed E-state index contributed by atoms with van der Waals surface area (Å²) in [6, 6.07) is 21.2. The third-order valence-electron chi connectivity index (χ3n) is 5.75. The fourth-order valence-corrected chi connectivity index (χ4v) is 3.84. The summed E-state index contributed by atoms with van der Waals surface area (Å²) >= 11 is 0. The van der Waals surface area contributed by atoms with E-state index in [0.717, 1.165) is 41.5 Å². The molecule has 2 N–H and O–H groups in total. The molecule has 1 saturated heterocycles. The highest BCUT2D eigenvalue weighted by Gasteiger charge is 2.16. The van der Waals surface area contributed by atoms with E-state index in [1.54, 1.807) is 18.2 Å². The molecule has 0 spiro atoms. The number of hydrogen-bond acceptors (Lipinski definition) is 4. The van der Waals surface area contributed by atoms with E-state index in [4.69, 9.17) is 4.74 Å². The van der Waals surface area contributed by atoms with E-state index in [1.165, 1.54) is 0 Å². The summed E-state index contributed by atoms with van der Waals surface area (Å²) in [5.41, 5.74) is 2.67. The zero-order valence-electron chi connectivity index (χ0n) is 18.8. The summed E-state index contributed by atoms with van der Waals surface area (Å²) in [6.07, 6.45) is 1.75. The first-order chi connectivity index (χ1) is 16.1. The summed E-state index contributed by atoms with van der Waals surface area (Å²) in [4.78, 5) is 28.3.